The zero-order valence-electron chi connectivity index (χ0n) is 16.5. The van der Waals surface area contributed by atoms with Crippen LogP contribution in [0.15, 0.2) is 70.4 Å². The fourth-order valence-electron chi connectivity index (χ4n) is 3.12. The van der Waals surface area contributed by atoms with E-state index in [9.17, 15) is 0 Å². The molecular weight excluding hydrogens is 412 g/mol. The molecule has 5 rings (SSSR count). The van der Waals surface area contributed by atoms with Crippen LogP contribution in [0.3, 0.4) is 0 Å². The highest BCUT2D eigenvalue weighted by atomic mass is 32.2. The van der Waals surface area contributed by atoms with Gasteiger partial charge in [-0.1, -0.05) is 48.2 Å². The Labute approximate surface area is 181 Å². The molecule has 5 aromatic rings. The highest BCUT2D eigenvalue weighted by Crippen LogP contribution is 2.35. The van der Waals surface area contributed by atoms with Gasteiger partial charge in [0, 0.05) is 22.8 Å². The van der Waals surface area contributed by atoms with Gasteiger partial charge in [0.15, 0.2) is 0 Å². The lowest BCUT2D eigenvalue weighted by molar-refractivity contribution is 0.465. The Hall–Kier alpha value is -3.92. The summed E-state index contributed by atoms with van der Waals surface area (Å²) >= 11 is 1.36. The van der Waals surface area contributed by atoms with Crippen molar-refractivity contribution in [2.45, 2.75) is 17.4 Å². The van der Waals surface area contributed by atoms with Crippen LogP contribution in [0.4, 0.5) is 17.6 Å². The van der Waals surface area contributed by atoms with Crippen molar-refractivity contribution < 1.29 is 4.42 Å². The zero-order chi connectivity index (χ0) is 21.2. The average Bonchev–Trinajstić information content (AvgIpc) is 3.41. The van der Waals surface area contributed by atoms with E-state index in [4.69, 9.17) is 10.2 Å². The molecule has 4 N–H and O–H groups in total. The van der Waals surface area contributed by atoms with Gasteiger partial charge in [-0.15, -0.1) is 10.2 Å². The van der Waals surface area contributed by atoms with Crippen LogP contribution in [-0.4, -0.2) is 30.1 Å². The molecule has 0 aliphatic heterocycles. The fraction of sp³-hybridized carbons (Fsp3) is 0.0952. The minimum absolute atomic E-state index is 0.140. The van der Waals surface area contributed by atoms with Crippen molar-refractivity contribution in [2.75, 3.05) is 11.1 Å². The van der Waals surface area contributed by atoms with Gasteiger partial charge in [0.1, 0.15) is 5.82 Å². The van der Waals surface area contributed by atoms with Gasteiger partial charge >= 0.3 is 0 Å². The van der Waals surface area contributed by atoms with Crippen LogP contribution in [0.2, 0.25) is 0 Å². The number of fused-ring (bicyclic) bond motifs is 1. The molecule has 10 heteroatoms. The number of hydrogen-bond acceptors (Lipinski definition) is 9. The summed E-state index contributed by atoms with van der Waals surface area (Å²) in [5, 5.41) is 12.8. The summed E-state index contributed by atoms with van der Waals surface area (Å²) in [6.45, 7) is 1.95. The molecule has 2 aromatic carbocycles. The third-order valence-corrected chi connectivity index (χ3v) is 5.50. The van der Waals surface area contributed by atoms with Crippen LogP contribution >= 0.6 is 11.8 Å². The van der Waals surface area contributed by atoms with E-state index in [-0.39, 0.29) is 11.2 Å². The number of H-pyrrole nitrogens is 1. The fourth-order valence-corrected chi connectivity index (χ4v) is 3.84. The molecular formula is C21H18N8OS. The molecule has 0 radical (unpaired) electrons. The molecule has 0 saturated carbocycles. The summed E-state index contributed by atoms with van der Waals surface area (Å²) in [5.74, 6) is 1.49. The van der Waals surface area contributed by atoms with Gasteiger partial charge in [-0.25, -0.2) is 0 Å². The summed E-state index contributed by atoms with van der Waals surface area (Å²) in [5.41, 5.74) is 8.63. The van der Waals surface area contributed by atoms with Crippen LogP contribution in [0.5, 0.6) is 0 Å². The molecule has 1 atom stereocenters. The molecule has 0 bridgehead atoms. The average molecular weight is 430 g/mol. The van der Waals surface area contributed by atoms with E-state index in [2.05, 4.69) is 35.5 Å². The number of nitrogens with two attached hydrogens (primary N) is 1. The van der Waals surface area contributed by atoms with Gasteiger partial charge in [-0.2, -0.15) is 15.0 Å². The van der Waals surface area contributed by atoms with Crippen molar-refractivity contribution in [3.8, 4) is 11.5 Å². The van der Waals surface area contributed by atoms with Gasteiger partial charge in [0.25, 0.3) is 11.1 Å². The molecule has 3 aromatic heterocycles. The molecule has 0 fully saturated rings. The summed E-state index contributed by atoms with van der Waals surface area (Å²) in [6, 6.07) is 17.6. The quantitative estimate of drug-likeness (QED) is 0.331. The van der Waals surface area contributed by atoms with Crippen LogP contribution in [-0.2, 0) is 0 Å². The number of thioether (sulfide) groups is 1. The van der Waals surface area contributed by atoms with Crippen molar-refractivity contribution in [1.29, 1.82) is 0 Å². The molecule has 154 valence electrons. The van der Waals surface area contributed by atoms with E-state index >= 15 is 0 Å². The van der Waals surface area contributed by atoms with Crippen molar-refractivity contribution in [1.82, 2.24) is 30.1 Å². The summed E-state index contributed by atoms with van der Waals surface area (Å²) in [4.78, 5) is 16.1. The molecule has 9 nitrogen and oxygen atoms in total. The zero-order valence-corrected chi connectivity index (χ0v) is 17.3. The van der Waals surface area contributed by atoms with Crippen LogP contribution in [0.25, 0.3) is 22.4 Å². The first-order chi connectivity index (χ1) is 15.2. The van der Waals surface area contributed by atoms with E-state index in [0.717, 1.165) is 22.2 Å². The van der Waals surface area contributed by atoms with Crippen LogP contribution in [0.1, 0.15) is 18.0 Å². The number of rotatable bonds is 6. The number of aromatic amines is 1. The smallest absolute Gasteiger partial charge is 0.277 e. The first-order valence-electron chi connectivity index (χ1n) is 9.56. The molecule has 0 amide bonds. The highest BCUT2D eigenvalue weighted by Gasteiger charge is 2.19. The van der Waals surface area contributed by atoms with Crippen LogP contribution < -0.4 is 11.1 Å². The number of nitrogens with zero attached hydrogens (tertiary/aromatic N) is 5. The Morgan fingerprint density at radius 3 is 2.68 bits per heavy atom. The second kappa shape index (κ2) is 8.07. The van der Waals surface area contributed by atoms with Gasteiger partial charge in [-0.05, 0) is 25.1 Å². The first-order valence-corrected chi connectivity index (χ1v) is 10.4. The molecule has 0 unspecified atom stereocenters. The minimum Gasteiger partial charge on any atom is -0.411 e. The first kappa shape index (κ1) is 19.1. The van der Waals surface area contributed by atoms with E-state index in [0.29, 0.717) is 22.9 Å². The molecule has 0 aliphatic carbocycles. The Morgan fingerprint density at radius 1 is 1.00 bits per heavy atom. The normalized spacial score (nSPS) is 12.2. The van der Waals surface area contributed by atoms with E-state index in [1.54, 1.807) is 0 Å². The SMILES string of the molecule is C[C@H](Sc1nnc(-c2c[nH]c3ccccc23)o1)c1nc(N)nc(Nc2ccccc2)n1. The maximum atomic E-state index is 5.90. The number of benzene rings is 2. The van der Waals surface area contributed by atoms with E-state index in [1.807, 2.05) is 67.7 Å². The van der Waals surface area contributed by atoms with Crippen molar-refractivity contribution in [3.63, 3.8) is 0 Å². The molecule has 0 aliphatic rings. The monoisotopic (exact) mass is 430 g/mol. The van der Waals surface area contributed by atoms with Gasteiger partial charge in [0.05, 0.1) is 10.8 Å². The highest BCUT2D eigenvalue weighted by molar-refractivity contribution is 7.99. The van der Waals surface area contributed by atoms with Gasteiger partial charge in [-0.3, -0.25) is 0 Å². The summed E-state index contributed by atoms with van der Waals surface area (Å²) in [6.07, 6.45) is 1.87. The maximum Gasteiger partial charge on any atom is 0.277 e. The maximum absolute atomic E-state index is 5.90. The van der Waals surface area contributed by atoms with Gasteiger partial charge < -0.3 is 20.5 Å². The van der Waals surface area contributed by atoms with Crippen molar-refractivity contribution >= 4 is 40.2 Å². The van der Waals surface area contributed by atoms with Crippen molar-refractivity contribution in [3.05, 3.63) is 66.6 Å². The second-order valence-electron chi connectivity index (χ2n) is 6.75. The third-order valence-electron chi connectivity index (χ3n) is 4.57. The number of nitrogens with one attached hydrogen (secondary N) is 2. The number of hydrogen-bond donors (Lipinski definition) is 3. The van der Waals surface area contributed by atoms with Gasteiger partial charge in [0.2, 0.25) is 11.9 Å². The molecule has 31 heavy (non-hydrogen) atoms. The number of para-hydroxylation sites is 2. The number of aromatic nitrogens is 6. The number of nitrogen functional groups attached to an aromatic ring is 1. The summed E-state index contributed by atoms with van der Waals surface area (Å²) < 4.78 is 5.89. The topological polar surface area (TPSA) is 131 Å². The predicted octanol–water partition coefficient (Wildman–Crippen LogP) is 4.58. The van der Waals surface area contributed by atoms with Crippen molar-refractivity contribution in [2.24, 2.45) is 0 Å². The lowest BCUT2D eigenvalue weighted by Gasteiger charge is -2.10. The minimum atomic E-state index is -0.183. The molecule has 0 spiro atoms. The standard InChI is InChI=1S/C21H18N8OS/c1-12(17-25-19(22)27-20(26-17)24-13-7-3-2-4-8-13)31-21-29-28-18(30-21)15-11-23-16-10-6-5-9-14(15)16/h2-12,23H,1H3,(H3,22,24,25,26,27)/t12-/m0/s1. The molecule has 0 saturated heterocycles. The molecule has 3 heterocycles. The van der Waals surface area contributed by atoms with E-state index < -0.39 is 0 Å². The Kier molecular flexibility index (Phi) is 4.97. The third kappa shape index (κ3) is 4.05. The lowest BCUT2D eigenvalue weighted by Crippen LogP contribution is -2.08. The van der Waals surface area contributed by atoms with Crippen LogP contribution in [0, 0.1) is 0 Å². The van der Waals surface area contributed by atoms with E-state index in [1.165, 1.54) is 11.8 Å². The lowest BCUT2D eigenvalue weighted by atomic mass is 10.2. The second-order valence-corrected chi connectivity index (χ2v) is 8.04. The summed E-state index contributed by atoms with van der Waals surface area (Å²) in [7, 11) is 0. The Morgan fingerprint density at radius 2 is 1.81 bits per heavy atom. The number of anilines is 3. The predicted molar refractivity (Wildman–Crippen MR) is 120 cm³/mol. The Balaban J connectivity index is 1.35. The Bertz CT molecular complexity index is 1330. The largest absolute Gasteiger partial charge is 0.411 e.